The Labute approximate surface area is 134 Å². The molecule has 7 heteroatoms. The van der Waals surface area contributed by atoms with E-state index in [4.69, 9.17) is 14.2 Å². The third-order valence-corrected chi connectivity index (χ3v) is 3.91. The van der Waals surface area contributed by atoms with Crippen LogP contribution in [0.4, 0.5) is 0 Å². The van der Waals surface area contributed by atoms with Gasteiger partial charge in [-0.15, -0.1) is 6.58 Å². The molecule has 0 unspecified atom stereocenters. The first-order valence-electron chi connectivity index (χ1n) is 7.22. The number of aliphatic hydroxyl groups excluding tert-OH is 3. The number of ether oxygens (including phenoxy) is 3. The standard InChI is InChI=1S/C16H22O7/c1-3-8-16(20)13(18)12(9-17)23-15(14(16)19)22-11-6-4-10(21-2)5-7-11/h3-7,12-15,17-20H,1,8-9H2,2H3/t12-,13+,14+,15+,16+/m1/s1. The predicted molar refractivity (Wildman–Crippen MR) is 81.1 cm³/mol. The largest absolute Gasteiger partial charge is 0.497 e. The molecular weight excluding hydrogens is 304 g/mol. The topological polar surface area (TPSA) is 109 Å². The van der Waals surface area contributed by atoms with Crippen LogP contribution in [0.15, 0.2) is 36.9 Å². The minimum atomic E-state index is -1.93. The van der Waals surface area contributed by atoms with Gasteiger partial charge in [0.2, 0.25) is 6.29 Å². The van der Waals surface area contributed by atoms with Gasteiger partial charge in [-0.05, 0) is 30.7 Å². The third kappa shape index (κ3) is 3.49. The van der Waals surface area contributed by atoms with E-state index in [9.17, 15) is 20.4 Å². The van der Waals surface area contributed by atoms with Crippen LogP contribution >= 0.6 is 0 Å². The summed E-state index contributed by atoms with van der Waals surface area (Å²) in [6.07, 6.45) is -4.06. The van der Waals surface area contributed by atoms with Gasteiger partial charge in [0.25, 0.3) is 0 Å². The van der Waals surface area contributed by atoms with Crippen molar-refractivity contribution in [3.05, 3.63) is 36.9 Å². The van der Waals surface area contributed by atoms with Crippen molar-refractivity contribution in [2.45, 2.75) is 36.6 Å². The Kier molecular flexibility index (Phi) is 5.61. The molecule has 1 aliphatic rings. The number of hydrogen-bond donors (Lipinski definition) is 4. The molecule has 1 aromatic carbocycles. The third-order valence-electron chi connectivity index (χ3n) is 3.91. The van der Waals surface area contributed by atoms with Gasteiger partial charge in [0.05, 0.1) is 13.7 Å². The Morgan fingerprint density at radius 2 is 1.83 bits per heavy atom. The highest BCUT2D eigenvalue weighted by molar-refractivity contribution is 5.31. The Hall–Kier alpha value is -1.64. The summed E-state index contributed by atoms with van der Waals surface area (Å²) >= 11 is 0. The molecule has 4 N–H and O–H groups in total. The average Bonchev–Trinajstić information content (AvgIpc) is 2.57. The summed E-state index contributed by atoms with van der Waals surface area (Å²) < 4.78 is 16.0. The molecule has 1 aromatic rings. The fraction of sp³-hybridized carbons (Fsp3) is 0.500. The lowest BCUT2D eigenvalue weighted by atomic mass is 9.81. The van der Waals surface area contributed by atoms with Gasteiger partial charge >= 0.3 is 0 Å². The van der Waals surface area contributed by atoms with Gasteiger partial charge in [0.1, 0.15) is 35.4 Å². The first kappa shape index (κ1) is 17.7. The molecule has 1 aliphatic heterocycles. The van der Waals surface area contributed by atoms with Crippen LogP contribution in [0.3, 0.4) is 0 Å². The molecule has 0 aliphatic carbocycles. The van der Waals surface area contributed by atoms with E-state index >= 15 is 0 Å². The van der Waals surface area contributed by atoms with E-state index in [-0.39, 0.29) is 6.42 Å². The maximum atomic E-state index is 10.6. The van der Waals surface area contributed by atoms with Crippen molar-refractivity contribution in [2.75, 3.05) is 13.7 Å². The van der Waals surface area contributed by atoms with Crippen LogP contribution in [0.2, 0.25) is 0 Å². The zero-order chi connectivity index (χ0) is 17.0. The summed E-state index contributed by atoms with van der Waals surface area (Å²) in [5.41, 5.74) is -1.93. The van der Waals surface area contributed by atoms with Crippen LogP contribution < -0.4 is 9.47 Å². The minimum Gasteiger partial charge on any atom is -0.497 e. The van der Waals surface area contributed by atoms with Gasteiger partial charge < -0.3 is 34.6 Å². The summed E-state index contributed by atoms with van der Waals surface area (Å²) in [6.45, 7) is 2.98. The number of hydrogen-bond acceptors (Lipinski definition) is 7. The van der Waals surface area contributed by atoms with E-state index in [1.54, 1.807) is 24.3 Å². The van der Waals surface area contributed by atoms with Crippen molar-refractivity contribution in [1.82, 2.24) is 0 Å². The van der Waals surface area contributed by atoms with Crippen molar-refractivity contribution < 1.29 is 34.6 Å². The molecule has 23 heavy (non-hydrogen) atoms. The zero-order valence-electron chi connectivity index (χ0n) is 12.8. The van der Waals surface area contributed by atoms with Crippen molar-refractivity contribution in [1.29, 1.82) is 0 Å². The molecular formula is C16H22O7. The minimum absolute atomic E-state index is 0.0856. The van der Waals surface area contributed by atoms with Crippen LogP contribution in [-0.4, -0.2) is 64.3 Å². The Morgan fingerprint density at radius 3 is 2.35 bits per heavy atom. The maximum absolute atomic E-state index is 10.6. The molecule has 0 bridgehead atoms. The number of aliphatic hydroxyl groups is 4. The van der Waals surface area contributed by atoms with Gasteiger partial charge in [-0.25, -0.2) is 0 Å². The van der Waals surface area contributed by atoms with E-state index in [1.165, 1.54) is 13.2 Å². The fourth-order valence-corrected chi connectivity index (χ4v) is 2.55. The van der Waals surface area contributed by atoms with Crippen LogP contribution in [-0.2, 0) is 4.74 Å². The molecule has 1 heterocycles. The number of methoxy groups -OCH3 is 1. The summed E-state index contributed by atoms with van der Waals surface area (Å²) in [7, 11) is 1.53. The smallest absolute Gasteiger partial charge is 0.229 e. The van der Waals surface area contributed by atoms with Gasteiger partial charge in [0, 0.05) is 0 Å². The molecule has 0 radical (unpaired) electrons. The second kappa shape index (κ2) is 7.29. The molecule has 128 valence electrons. The summed E-state index contributed by atoms with van der Waals surface area (Å²) in [6, 6.07) is 6.55. The molecule has 0 amide bonds. The normalized spacial score (nSPS) is 34.0. The number of rotatable bonds is 6. The molecule has 7 nitrogen and oxygen atoms in total. The van der Waals surface area contributed by atoms with Gasteiger partial charge in [0.15, 0.2) is 0 Å². The van der Waals surface area contributed by atoms with Crippen molar-refractivity contribution in [3.63, 3.8) is 0 Å². The zero-order valence-corrected chi connectivity index (χ0v) is 12.8. The molecule has 0 saturated carbocycles. The van der Waals surface area contributed by atoms with Gasteiger partial charge in [-0.3, -0.25) is 0 Å². The monoisotopic (exact) mass is 326 g/mol. The van der Waals surface area contributed by atoms with E-state index in [1.807, 2.05) is 0 Å². The highest BCUT2D eigenvalue weighted by atomic mass is 16.7. The van der Waals surface area contributed by atoms with Crippen LogP contribution in [0.25, 0.3) is 0 Å². The molecule has 5 atom stereocenters. The first-order valence-corrected chi connectivity index (χ1v) is 7.22. The summed E-state index contributed by atoms with van der Waals surface area (Å²) in [5.74, 6) is 1.01. The van der Waals surface area contributed by atoms with Crippen LogP contribution in [0, 0.1) is 0 Å². The Balaban J connectivity index is 2.20. The van der Waals surface area contributed by atoms with Crippen molar-refractivity contribution in [3.8, 4) is 11.5 Å². The molecule has 0 spiro atoms. The number of benzene rings is 1. The Morgan fingerprint density at radius 1 is 1.22 bits per heavy atom. The fourth-order valence-electron chi connectivity index (χ4n) is 2.55. The first-order chi connectivity index (χ1) is 11.0. The lowest BCUT2D eigenvalue weighted by Gasteiger charge is -2.47. The molecule has 2 rings (SSSR count). The second-order valence-electron chi connectivity index (χ2n) is 5.39. The predicted octanol–water partition coefficient (Wildman–Crippen LogP) is -0.180. The van der Waals surface area contributed by atoms with Crippen LogP contribution in [0.1, 0.15) is 6.42 Å². The maximum Gasteiger partial charge on any atom is 0.229 e. The van der Waals surface area contributed by atoms with Crippen LogP contribution in [0.5, 0.6) is 11.5 Å². The van der Waals surface area contributed by atoms with Crippen molar-refractivity contribution in [2.24, 2.45) is 0 Å². The average molecular weight is 326 g/mol. The summed E-state index contributed by atoms with van der Waals surface area (Å²) in [5, 5.41) is 40.4. The highest BCUT2D eigenvalue weighted by Crippen LogP contribution is 2.34. The SMILES string of the molecule is C=CC[C@@]1(O)[C@@H](O)[C@@H](Oc2ccc(OC)cc2)O[C@H](CO)[C@@H]1O. The Bertz CT molecular complexity index is 518. The van der Waals surface area contributed by atoms with E-state index in [2.05, 4.69) is 6.58 Å². The van der Waals surface area contributed by atoms with E-state index in [0.717, 1.165) is 0 Å². The van der Waals surface area contributed by atoms with Gasteiger partial charge in [-0.1, -0.05) is 6.08 Å². The molecule has 1 fully saturated rings. The molecule has 1 saturated heterocycles. The lowest BCUT2D eigenvalue weighted by Crippen LogP contribution is -2.68. The quantitative estimate of drug-likeness (QED) is 0.537. The van der Waals surface area contributed by atoms with E-state index < -0.39 is 36.8 Å². The lowest BCUT2D eigenvalue weighted by molar-refractivity contribution is -0.312. The summed E-state index contributed by atoms with van der Waals surface area (Å²) in [4.78, 5) is 0. The highest BCUT2D eigenvalue weighted by Gasteiger charge is 2.55. The second-order valence-corrected chi connectivity index (χ2v) is 5.39. The van der Waals surface area contributed by atoms with Crippen molar-refractivity contribution >= 4 is 0 Å². The van der Waals surface area contributed by atoms with E-state index in [0.29, 0.717) is 11.5 Å². The molecule has 0 aromatic heterocycles. The van der Waals surface area contributed by atoms with Gasteiger partial charge in [-0.2, -0.15) is 0 Å².